The minimum atomic E-state index is 0.545. The van der Waals surface area contributed by atoms with Crippen LogP contribution in [0.2, 0.25) is 0 Å². The first-order valence-corrected chi connectivity index (χ1v) is 19.0. The summed E-state index contributed by atoms with van der Waals surface area (Å²) in [5.41, 5.74) is 4.52. The summed E-state index contributed by atoms with van der Waals surface area (Å²) in [6, 6.07) is 14.0. The maximum atomic E-state index is 6.48. The van der Waals surface area contributed by atoms with E-state index in [2.05, 4.69) is 38.6 Å². The molecule has 51 heavy (non-hydrogen) atoms. The number of ether oxygens (including phenoxy) is 6. The van der Waals surface area contributed by atoms with Crippen LogP contribution in [0.1, 0.15) is 126 Å². The van der Waals surface area contributed by atoms with Crippen LogP contribution in [0.15, 0.2) is 49.0 Å². The second kappa shape index (κ2) is 24.0. The molecule has 6 heteroatoms. The quantitative estimate of drug-likeness (QED) is 0.0614. The molecule has 0 bridgehead atoms. The molecule has 0 aliphatic carbocycles. The fourth-order valence-corrected chi connectivity index (χ4v) is 5.92. The summed E-state index contributed by atoms with van der Waals surface area (Å²) in [6.45, 7) is 12.3. The van der Waals surface area contributed by atoms with E-state index in [1.807, 2.05) is 55.5 Å². The predicted octanol–water partition coefficient (Wildman–Crippen LogP) is 12.6. The van der Waals surface area contributed by atoms with Crippen LogP contribution in [0.4, 0.5) is 0 Å². The van der Waals surface area contributed by atoms with Crippen molar-refractivity contribution in [3.8, 4) is 34.5 Å². The number of benzene rings is 3. The van der Waals surface area contributed by atoms with Gasteiger partial charge in [-0.2, -0.15) is 0 Å². The van der Waals surface area contributed by atoms with Crippen LogP contribution in [0.5, 0.6) is 34.5 Å². The second-order valence-electron chi connectivity index (χ2n) is 12.7. The highest BCUT2D eigenvalue weighted by Crippen LogP contribution is 2.36. The van der Waals surface area contributed by atoms with E-state index in [4.69, 9.17) is 28.4 Å². The van der Waals surface area contributed by atoms with E-state index in [9.17, 15) is 0 Å². The molecule has 3 aromatic rings. The van der Waals surface area contributed by atoms with E-state index in [-0.39, 0.29) is 0 Å². The maximum absolute atomic E-state index is 6.48. The molecular formula is C45H62O6. The Bertz CT molecular complexity index is 1520. The molecule has 6 nitrogen and oxygen atoms in total. The molecule has 0 saturated heterocycles. The highest BCUT2D eigenvalue weighted by Gasteiger charge is 2.12. The Balaban J connectivity index is 1.92. The lowest BCUT2D eigenvalue weighted by Gasteiger charge is -2.15. The van der Waals surface area contributed by atoms with Gasteiger partial charge >= 0.3 is 0 Å². The van der Waals surface area contributed by atoms with Crippen molar-refractivity contribution in [1.82, 2.24) is 0 Å². The van der Waals surface area contributed by atoms with E-state index in [0.29, 0.717) is 19.8 Å². The summed E-state index contributed by atoms with van der Waals surface area (Å²) in [6.07, 6.45) is 24.5. The fraction of sp³-hybridized carbons (Fsp3) is 0.467. The van der Waals surface area contributed by atoms with Gasteiger partial charge in [0.1, 0.15) is 34.5 Å². The van der Waals surface area contributed by atoms with Crippen LogP contribution in [0, 0.1) is 0 Å². The zero-order valence-electron chi connectivity index (χ0n) is 32.2. The zero-order valence-corrected chi connectivity index (χ0v) is 32.2. The number of unbranched alkanes of at least 4 members (excludes halogenated alkanes) is 10. The van der Waals surface area contributed by atoms with Crippen LogP contribution < -0.4 is 28.4 Å². The van der Waals surface area contributed by atoms with E-state index < -0.39 is 0 Å². The van der Waals surface area contributed by atoms with Crippen molar-refractivity contribution in [3.63, 3.8) is 0 Å². The van der Waals surface area contributed by atoms with E-state index in [1.165, 1.54) is 57.8 Å². The van der Waals surface area contributed by atoms with Crippen LogP contribution in [0.3, 0.4) is 0 Å². The lowest BCUT2D eigenvalue weighted by Crippen LogP contribution is -2.01. The maximum Gasteiger partial charge on any atom is 0.127 e. The SMILES string of the molecule is C=Cc1cc(OCC)c(/C=C/c2cc(OCCCCCCCC)c(/C=C/c3cc(OCCCCCCCC)ccc3OC)cc2OC)cc1OC. The third-order valence-corrected chi connectivity index (χ3v) is 8.85. The molecule has 0 saturated carbocycles. The Morgan fingerprint density at radius 2 is 0.882 bits per heavy atom. The van der Waals surface area contributed by atoms with Crippen LogP contribution in [-0.4, -0.2) is 41.2 Å². The highest BCUT2D eigenvalue weighted by atomic mass is 16.5. The van der Waals surface area contributed by atoms with Gasteiger partial charge < -0.3 is 28.4 Å². The second-order valence-corrected chi connectivity index (χ2v) is 12.7. The molecule has 3 aromatic carbocycles. The molecule has 0 amide bonds. The number of hydrogen-bond acceptors (Lipinski definition) is 6. The van der Waals surface area contributed by atoms with Gasteiger partial charge in [-0.1, -0.05) is 115 Å². The summed E-state index contributed by atoms with van der Waals surface area (Å²) in [4.78, 5) is 0. The molecule has 0 aliphatic rings. The Kier molecular flexibility index (Phi) is 19.3. The standard InChI is InChI=1S/C45H62O6/c1-8-12-14-16-18-20-28-50-40-26-27-41(46-5)36(30-40)22-24-39-33-43(48-7)37(34-45(39)51-29-21-19-17-15-13-9-2)23-25-38-32-42(47-6)35(10-3)31-44(38)49-11-4/h10,22-27,30-34H,3,8-9,11-21,28-29H2,1-2,4-7H3/b24-22+,25-23+. The molecule has 0 aliphatic heterocycles. The molecule has 0 fully saturated rings. The average Bonchev–Trinajstić information content (AvgIpc) is 3.15. The Morgan fingerprint density at radius 1 is 0.451 bits per heavy atom. The molecule has 0 aromatic heterocycles. The minimum absolute atomic E-state index is 0.545. The fourth-order valence-electron chi connectivity index (χ4n) is 5.92. The first kappa shape index (κ1) is 41.1. The largest absolute Gasteiger partial charge is 0.496 e. The van der Waals surface area contributed by atoms with Crippen molar-refractivity contribution < 1.29 is 28.4 Å². The van der Waals surface area contributed by atoms with Crippen molar-refractivity contribution >= 4 is 30.4 Å². The normalized spacial score (nSPS) is 11.3. The first-order valence-electron chi connectivity index (χ1n) is 19.0. The number of methoxy groups -OCH3 is 3. The minimum Gasteiger partial charge on any atom is -0.496 e. The van der Waals surface area contributed by atoms with Crippen LogP contribution in [0.25, 0.3) is 30.4 Å². The number of rotatable bonds is 26. The van der Waals surface area contributed by atoms with E-state index in [0.717, 1.165) is 81.6 Å². The smallest absolute Gasteiger partial charge is 0.127 e. The van der Waals surface area contributed by atoms with Crippen LogP contribution >= 0.6 is 0 Å². The van der Waals surface area contributed by atoms with Gasteiger partial charge in [0.05, 0.1) is 41.2 Å². The van der Waals surface area contributed by atoms with Gasteiger partial charge in [0.15, 0.2) is 0 Å². The number of hydrogen-bond donors (Lipinski definition) is 0. The highest BCUT2D eigenvalue weighted by molar-refractivity contribution is 5.81. The van der Waals surface area contributed by atoms with Gasteiger partial charge in [-0.15, -0.1) is 0 Å². The van der Waals surface area contributed by atoms with Crippen molar-refractivity contribution in [2.45, 2.75) is 97.8 Å². The van der Waals surface area contributed by atoms with Gasteiger partial charge in [0.2, 0.25) is 0 Å². The summed E-state index contributed by atoms with van der Waals surface area (Å²) >= 11 is 0. The van der Waals surface area contributed by atoms with Crippen molar-refractivity contribution in [3.05, 3.63) is 76.9 Å². The third kappa shape index (κ3) is 13.7. The lowest BCUT2D eigenvalue weighted by atomic mass is 10.0. The van der Waals surface area contributed by atoms with Gasteiger partial charge in [-0.3, -0.25) is 0 Å². The van der Waals surface area contributed by atoms with Crippen molar-refractivity contribution in [2.24, 2.45) is 0 Å². The summed E-state index contributed by atoms with van der Waals surface area (Å²) in [7, 11) is 5.05. The Labute approximate surface area is 308 Å². The van der Waals surface area contributed by atoms with Gasteiger partial charge in [0, 0.05) is 27.8 Å². The topological polar surface area (TPSA) is 55.4 Å². The monoisotopic (exact) mass is 698 g/mol. The first-order chi connectivity index (χ1) is 25.0. The molecule has 0 radical (unpaired) electrons. The van der Waals surface area contributed by atoms with Crippen molar-refractivity contribution in [2.75, 3.05) is 41.2 Å². The van der Waals surface area contributed by atoms with Crippen LogP contribution in [-0.2, 0) is 0 Å². The molecule has 0 N–H and O–H groups in total. The summed E-state index contributed by atoms with van der Waals surface area (Å²) in [5.74, 6) is 4.63. The molecular weight excluding hydrogens is 636 g/mol. The molecule has 0 heterocycles. The molecule has 0 atom stereocenters. The average molecular weight is 699 g/mol. The zero-order chi connectivity index (χ0) is 36.7. The van der Waals surface area contributed by atoms with Gasteiger partial charge in [-0.25, -0.2) is 0 Å². The van der Waals surface area contributed by atoms with Gasteiger partial charge in [0.25, 0.3) is 0 Å². The molecule has 278 valence electrons. The lowest BCUT2D eigenvalue weighted by molar-refractivity contribution is 0.303. The van der Waals surface area contributed by atoms with Crippen molar-refractivity contribution in [1.29, 1.82) is 0 Å². The third-order valence-electron chi connectivity index (χ3n) is 8.85. The summed E-state index contributed by atoms with van der Waals surface area (Å²) < 4.78 is 35.8. The Morgan fingerprint density at radius 3 is 1.41 bits per heavy atom. The molecule has 0 spiro atoms. The van der Waals surface area contributed by atoms with E-state index in [1.54, 1.807) is 27.4 Å². The molecule has 0 unspecified atom stereocenters. The van der Waals surface area contributed by atoms with E-state index >= 15 is 0 Å². The Hall–Kier alpha value is -4.32. The predicted molar refractivity (Wildman–Crippen MR) is 216 cm³/mol. The molecule has 3 rings (SSSR count). The van der Waals surface area contributed by atoms with Gasteiger partial charge in [-0.05, 0) is 62.2 Å². The summed E-state index contributed by atoms with van der Waals surface area (Å²) in [5, 5.41) is 0.